The zero-order valence-electron chi connectivity index (χ0n) is 36.3. The summed E-state index contributed by atoms with van der Waals surface area (Å²) in [5.74, 6) is -0.329. The number of carbonyl (C=O) groups is 3. The zero-order chi connectivity index (χ0) is 39.2. The van der Waals surface area contributed by atoms with Crippen LogP contribution in [0, 0.1) is 11.8 Å². The van der Waals surface area contributed by atoms with Crippen molar-refractivity contribution in [2.45, 2.75) is 221 Å². The average Bonchev–Trinajstić information content (AvgIpc) is 3.16. The summed E-state index contributed by atoms with van der Waals surface area (Å²) < 4.78 is 11.9. The highest BCUT2D eigenvalue weighted by Crippen LogP contribution is 2.22. The molecule has 7 nitrogen and oxygen atoms in total. The standard InChI is InChI=1S/C46H90N2O5/c1-7-13-19-23-25-29-33-42(31-27-21-15-9-3)45(50)52-39-37-48(44(49)41-47(35-17-11-5)36-18-12-6)38-40-53-46(51)43(32-28-22-16-10-4)34-30-26-24-20-14-8-2/h42-43H,7-41H2,1-6H3. The number of carbonyl (C=O) groups excluding carboxylic acids is 3. The number of esters is 2. The third kappa shape index (κ3) is 30.3. The molecule has 2 unspecified atom stereocenters. The second-order valence-electron chi connectivity index (χ2n) is 15.9. The Morgan fingerprint density at radius 1 is 0.396 bits per heavy atom. The normalized spacial score (nSPS) is 12.6. The molecule has 0 saturated carbocycles. The Bertz CT molecular complexity index is 779. The van der Waals surface area contributed by atoms with E-state index in [0.29, 0.717) is 19.6 Å². The highest BCUT2D eigenvalue weighted by molar-refractivity contribution is 5.78. The molecule has 2 atom stereocenters. The van der Waals surface area contributed by atoms with Crippen molar-refractivity contribution in [3.63, 3.8) is 0 Å². The Morgan fingerprint density at radius 2 is 0.698 bits per heavy atom. The predicted octanol–water partition coefficient (Wildman–Crippen LogP) is 12.5. The molecule has 0 heterocycles. The van der Waals surface area contributed by atoms with Crippen LogP contribution in [0.2, 0.25) is 0 Å². The number of rotatable bonds is 40. The third-order valence-electron chi connectivity index (χ3n) is 10.9. The molecule has 0 aliphatic heterocycles. The van der Waals surface area contributed by atoms with Crippen molar-refractivity contribution >= 4 is 17.8 Å². The average molecular weight is 751 g/mol. The van der Waals surface area contributed by atoms with Crippen LogP contribution in [0.3, 0.4) is 0 Å². The molecule has 0 aliphatic rings. The van der Waals surface area contributed by atoms with Crippen LogP contribution in [-0.2, 0) is 23.9 Å². The molecule has 0 N–H and O–H groups in total. The minimum atomic E-state index is -0.109. The molecule has 0 aliphatic carbocycles. The molecular formula is C46H90N2O5. The molecule has 1 amide bonds. The van der Waals surface area contributed by atoms with Gasteiger partial charge in [0, 0.05) is 0 Å². The number of ether oxygens (including phenoxy) is 2. The van der Waals surface area contributed by atoms with E-state index in [9.17, 15) is 14.4 Å². The Kier molecular flexibility index (Phi) is 37.4. The molecule has 0 fully saturated rings. The van der Waals surface area contributed by atoms with E-state index >= 15 is 0 Å². The van der Waals surface area contributed by atoms with E-state index in [2.05, 4.69) is 46.4 Å². The van der Waals surface area contributed by atoms with Crippen molar-refractivity contribution in [3.8, 4) is 0 Å². The van der Waals surface area contributed by atoms with Crippen LogP contribution in [0.25, 0.3) is 0 Å². The van der Waals surface area contributed by atoms with Gasteiger partial charge in [-0.05, 0) is 51.6 Å². The lowest BCUT2D eigenvalue weighted by atomic mass is 9.94. The smallest absolute Gasteiger partial charge is 0.308 e. The SMILES string of the molecule is CCCCCCCCC(CCCCCC)C(=O)OCCN(CCOC(=O)C(CCCCCC)CCCCCCCC)C(=O)CN(CCCC)CCCC. The maximum Gasteiger partial charge on any atom is 0.308 e. The second-order valence-corrected chi connectivity index (χ2v) is 15.9. The van der Waals surface area contributed by atoms with Crippen molar-refractivity contribution in [3.05, 3.63) is 0 Å². The summed E-state index contributed by atoms with van der Waals surface area (Å²) in [4.78, 5) is 44.7. The van der Waals surface area contributed by atoms with Gasteiger partial charge in [0.25, 0.3) is 0 Å². The summed E-state index contributed by atoms with van der Waals surface area (Å²) in [6.07, 6.45) is 31.6. The minimum absolute atomic E-state index is 0.0238. The minimum Gasteiger partial charge on any atom is -0.464 e. The van der Waals surface area contributed by atoms with Gasteiger partial charge in [0.15, 0.2) is 0 Å². The Hall–Kier alpha value is -1.63. The molecule has 0 bridgehead atoms. The van der Waals surface area contributed by atoms with E-state index in [0.717, 1.165) is 103 Å². The van der Waals surface area contributed by atoms with Crippen LogP contribution >= 0.6 is 0 Å². The monoisotopic (exact) mass is 751 g/mol. The fraction of sp³-hybridized carbons (Fsp3) is 0.935. The van der Waals surface area contributed by atoms with Gasteiger partial charge in [-0.2, -0.15) is 0 Å². The molecule has 0 rings (SSSR count). The number of amides is 1. The van der Waals surface area contributed by atoms with E-state index < -0.39 is 0 Å². The lowest BCUT2D eigenvalue weighted by Crippen LogP contribution is -2.44. The molecule has 0 radical (unpaired) electrons. The van der Waals surface area contributed by atoms with E-state index in [4.69, 9.17) is 9.47 Å². The van der Waals surface area contributed by atoms with E-state index in [1.807, 2.05) is 0 Å². The molecule has 314 valence electrons. The first-order valence-electron chi connectivity index (χ1n) is 23.2. The predicted molar refractivity (Wildman–Crippen MR) is 225 cm³/mol. The van der Waals surface area contributed by atoms with Gasteiger partial charge in [-0.1, -0.05) is 183 Å². The van der Waals surface area contributed by atoms with Crippen LogP contribution in [0.15, 0.2) is 0 Å². The molecule has 0 aromatic carbocycles. The van der Waals surface area contributed by atoms with Crippen molar-refractivity contribution in [1.29, 1.82) is 0 Å². The first kappa shape index (κ1) is 51.4. The largest absolute Gasteiger partial charge is 0.464 e. The number of unbranched alkanes of at least 4 members (excludes halogenated alkanes) is 18. The summed E-state index contributed by atoms with van der Waals surface area (Å²) in [7, 11) is 0. The number of nitrogens with zero attached hydrogens (tertiary/aromatic N) is 2. The molecular weight excluding hydrogens is 661 g/mol. The first-order valence-corrected chi connectivity index (χ1v) is 23.2. The fourth-order valence-electron chi connectivity index (χ4n) is 7.17. The quantitative estimate of drug-likeness (QED) is 0.0458. The Labute approximate surface area is 329 Å². The van der Waals surface area contributed by atoms with E-state index in [1.165, 1.54) is 89.9 Å². The number of hydrogen-bond donors (Lipinski definition) is 0. The topological polar surface area (TPSA) is 76.1 Å². The van der Waals surface area contributed by atoms with Gasteiger partial charge < -0.3 is 14.4 Å². The first-order chi connectivity index (χ1) is 25.9. The van der Waals surface area contributed by atoms with Crippen molar-refractivity contribution in [1.82, 2.24) is 9.80 Å². The Balaban J connectivity index is 5.50. The van der Waals surface area contributed by atoms with Gasteiger partial charge in [-0.25, -0.2) is 0 Å². The molecule has 0 aromatic rings. The van der Waals surface area contributed by atoms with Gasteiger partial charge in [-0.3, -0.25) is 19.3 Å². The van der Waals surface area contributed by atoms with Gasteiger partial charge in [0.2, 0.25) is 5.91 Å². The fourth-order valence-corrected chi connectivity index (χ4v) is 7.17. The van der Waals surface area contributed by atoms with E-state index in [1.54, 1.807) is 4.90 Å². The highest BCUT2D eigenvalue weighted by Gasteiger charge is 2.23. The molecule has 0 saturated heterocycles. The summed E-state index contributed by atoms with van der Waals surface area (Å²) in [5, 5.41) is 0. The molecule has 7 heteroatoms. The lowest BCUT2D eigenvalue weighted by Gasteiger charge is -2.28. The third-order valence-corrected chi connectivity index (χ3v) is 10.9. The highest BCUT2D eigenvalue weighted by atomic mass is 16.5. The summed E-state index contributed by atoms with van der Waals surface area (Å²) in [6, 6.07) is 0. The number of hydrogen-bond acceptors (Lipinski definition) is 6. The lowest BCUT2D eigenvalue weighted by molar-refractivity contribution is -0.152. The van der Waals surface area contributed by atoms with Gasteiger partial charge in [-0.15, -0.1) is 0 Å². The Morgan fingerprint density at radius 3 is 1.04 bits per heavy atom. The molecule has 0 spiro atoms. The van der Waals surface area contributed by atoms with E-state index in [-0.39, 0.29) is 42.9 Å². The summed E-state index contributed by atoms with van der Waals surface area (Å²) in [5.41, 5.74) is 0. The molecule has 0 aromatic heterocycles. The van der Waals surface area contributed by atoms with Crippen LogP contribution in [-0.4, -0.2) is 73.6 Å². The van der Waals surface area contributed by atoms with Gasteiger partial charge in [0.1, 0.15) is 13.2 Å². The zero-order valence-corrected chi connectivity index (χ0v) is 36.3. The maximum atomic E-state index is 13.8. The van der Waals surface area contributed by atoms with Crippen molar-refractivity contribution in [2.24, 2.45) is 11.8 Å². The van der Waals surface area contributed by atoms with Crippen molar-refractivity contribution in [2.75, 3.05) is 45.9 Å². The van der Waals surface area contributed by atoms with Crippen LogP contribution in [0.5, 0.6) is 0 Å². The summed E-state index contributed by atoms with van der Waals surface area (Å²) in [6.45, 7) is 16.4. The van der Waals surface area contributed by atoms with Gasteiger partial charge >= 0.3 is 11.9 Å². The van der Waals surface area contributed by atoms with Crippen LogP contribution in [0.4, 0.5) is 0 Å². The second kappa shape index (κ2) is 38.6. The van der Waals surface area contributed by atoms with Crippen LogP contribution < -0.4 is 0 Å². The van der Waals surface area contributed by atoms with Crippen molar-refractivity contribution < 1.29 is 23.9 Å². The summed E-state index contributed by atoms with van der Waals surface area (Å²) >= 11 is 0. The molecule has 53 heavy (non-hydrogen) atoms. The maximum absolute atomic E-state index is 13.8. The van der Waals surface area contributed by atoms with Crippen LogP contribution in [0.1, 0.15) is 221 Å². The van der Waals surface area contributed by atoms with Gasteiger partial charge in [0.05, 0.1) is 31.5 Å².